The summed E-state index contributed by atoms with van der Waals surface area (Å²) in [5, 5.41) is 14.1. The number of nitrogens with one attached hydrogen (secondary N) is 1. The molecule has 2 N–H and O–H groups in total. The highest BCUT2D eigenvalue weighted by molar-refractivity contribution is 5.79. The smallest absolute Gasteiger partial charge is 0.223 e. The van der Waals surface area contributed by atoms with Crippen molar-refractivity contribution in [2.75, 3.05) is 19.6 Å². The van der Waals surface area contributed by atoms with Crippen molar-refractivity contribution in [1.29, 1.82) is 0 Å². The van der Waals surface area contributed by atoms with Gasteiger partial charge in [0.15, 0.2) is 0 Å². The predicted octanol–water partition coefficient (Wildman–Crippen LogP) is 3.09. The second kappa shape index (κ2) is 8.18. The minimum absolute atomic E-state index is 0.184. The van der Waals surface area contributed by atoms with E-state index in [1.54, 1.807) is 0 Å². The van der Waals surface area contributed by atoms with Gasteiger partial charge in [0.2, 0.25) is 5.91 Å². The number of hydrogen-bond acceptors (Lipinski definition) is 3. The van der Waals surface area contributed by atoms with Gasteiger partial charge in [-0.1, -0.05) is 26.2 Å². The molecule has 1 heterocycles. The molecular formula is C20H36N2O2. The van der Waals surface area contributed by atoms with E-state index >= 15 is 0 Å². The molecule has 3 rings (SSSR count). The Morgan fingerprint density at radius 3 is 2.29 bits per heavy atom. The van der Waals surface area contributed by atoms with Gasteiger partial charge in [0.1, 0.15) is 0 Å². The van der Waals surface area contributed by atoms with Gasteiger partial charge in [-0.15, -0.1) is 0 Å². The molecule has 24 heavy (non-hydrogen) atoms. The molecule has 0 spiro atoms. The van der Waals surface area contributed by atoms with Crippen molar-refractivity contribution in [3.63, 3.8) is 0 Å². The van der Waals surface area contributed by atoms with E-state index in [-0.39, 0.29) is 11.8 Å². The zero-order valence-corrected chi connectivity index (χ0v) is 15.4. The maximum atomic E-state index is 12.5. The van der Waals surface area contributed by atoms with Crippen molar-refractivity contribution < 1.29 is 9.90 Å². The first kappa shape index (κ1) is 18.2. The molecule has 4 heteroatoms. The number of aliphatic hydroxyl groups is 1. The van der Waals surface area contributed by atoms with Crippen molar-refractivity contribution in [2.45, 2.75) is 89.2 Å². The molecule has 0 bridgehead atoms. The van der Waals surface area contributed by atoms with Gasteiger partial charge >= 0.3 is 0 Å². The average molecular weight is 337 g/mol. The molecular weight excluding hydrogens is 300 g/mol. The Hall–Kier alpha value is -0.610. The molecule has 0 radical (unpaired) electrons. The van der Waals surface area contributed by atoms with Crippen molar-refractivity contribution in [3.05, 3.63) is 0 Å². The highest BCUT2D eigenvalue weighted by Gasteiger charge is 2.35. The highest BCUT2D eigenvalue weighted by atomic mass is 16.3. The largest absolute Gasteiger partial charge is 0.389 e. The summed E-state index contributed by atoms with van der Waals surface area (Å²) in [6.45, 7) is 5.01. The molecule has 0 unspecified atom stereocenters. The molecule has 2 aliphatic carbocycles. The van der Waals surface area contributed by atoms with Crippen LogP contribution in [0.5, 0.6) is 0 Å². The number of rotatable bonds is 4. The van der Waals surface area contributed by atoms with E-state index in [9.17, 15) is 9.90 Å². The van der Waals surface area contributed by atoms with Crippen molar-refractivity contribution in [1.82, 2.24) is 10.2 Å². The topological polar surface area (TPSA) is 52.6 Å². The fraction of sp³-hybridized carbons (Fsp3) is 0.950. The van der Waals surface area contributed by atoms with Gasteiger partial charge < -0.3 is 15.3 Å². The number of β-amino-alcohol motifs (C(OH)–C–C–N with tert-alkyl or cyclic N) is 1. The predicted molar refractivity (Wildman–Crippen MR) is 96.8 cm³/mol. The summed E-state index contributed by atoms with van der Waals surface area (Å²) in [7, 11) is 0. The van der Waals surface area contributed by atoms with Crippen LogP contribution < -0.4 is 5.32 Å². The lowest BCUT2D eigenvalue weighted by molar-refractivity contribution is -0.127. The number of carbonyl (C=O) groups is 1. The molecule has 0 aromatic heterocycles. The summed E-state index contributed by atoms with van der Waals surface area (Å²) < 4.78 is 0. The van der Waals surface area contributed by atoms with Gasteiger partial charge in [-0.05, 0) is 70.4 Å². The van der Waals surface area contributed by atoms with E-state index < -0.39 is 5.60 Å². The number of likely N-dealkylation sites (tertiary alicyclic amines) is 1. The van der Waals surface area contributed by atoms with E-state index in [1.807, 2.05) is 0 Å². The molecule has 0 atom stereocenters. The number of amides is 1. The van der Waals surface area contributed by atoms with Crippen LogP contribution in [0.15, 0.2) is 0 Å². The molecule has 0 aromatic carbocycles. The summed E-state index contributed by atoms with van der Waals surface area (Å²) in [5.41, 5.74) is -0.482. The van der Waals surface area contributed by atoms with Gasteiger partial charge in [0.25, 0.3) is 0 Å². The highest BCUT2D eigenvalue weighted by Crippen LogP contribution is 2.33. The zero-order chi connectivity index (χ0) is 17.0. The van der Waals surface area contributed by atoms with Gasteiger partial charge in [-0.3, -0.25) is 4.79 Å². The Balaban J connectivity index is 1.39. The Morgan fingerprint density at radius 2 is 1.67 bits per heavy atom. The summed E-state index contributed by atoms with van der Waals surface area (Å²) in [4.78, 5) is 14.9. The minimum atomic E-state index is -0.482. The first-order chi connectivity index (χ1) is 11.5. The quantitative estimate of drug-likeness (QED) is 0.829. The first-order valence-corrected chi connectivity index (χ1v) is 10.3. The van der Waals surface area contributed by atoms with Gasteiger partial charge in [0.05, 0.1) is 5.60 Å². The maximum Gasteiger partial charge on any atom is 0.223 e. The summed E-state index contributed by atoms with van der Waals surface area (Å²) in [5.74, 6) is 1.23. The standard InChI is InChI=1S/C20H36N2O2/c1-16-7-11-20(24,12-8-16)15-22-13-9-17(10-14-22)19(23)21-18-5-3-2-4-6-18/h16-18,24H,2-15H2,1H3,(H,21,23). The monoisotopic (exact) mass is 336 g/mol. The first-order valence-electron chi connectivity index (χ1n) is 10.3. The van der Waals surface area contributed by atoms with Crippen LogP contribution in [0.1, 0.15) is 77.6 Å². The fourth-order valence-corrected chi connectivity index (χ4v) is 4.79. The fourth-order valence-electron chi connectivity index (χ4n) is 4.79. The van der Waals surface area contributed by atoms with E-state index in [0.717, 1.165) is 76.9 Å². The molecule has 3 aliphatic rings. The second-order valence-electron chi connectivity index (χ2n) is 8.80. The van der Waals surface area contributed by atoms with Crippen LogP contribution in [-0.2, 0) is 4.79 Å². The lowest BCUT2D eigenvalue weighted by Gasteiger charge is -2.41. The van der Waals surface area contributed by atoms with E-state index in [0.29, 0.717) is 6.04 Å². The lowest BCUT2D eigenvalue weighted by atomic mass is 9.79. The van der Waals surface area contributed by atoms with Crippen LogP contribution in [0.3, 0.4) is 0 Å². The van der Waals surface area contributed by atoms with E-state index in [4.69, 9.17) is 0 Å². The SMILES string of the molecule is CC1CCC(O)(CN2CCC(C(=O)NC3CCCCC3)CC2)CC1. The van der Waals surface area contributed by atoms with Crippen molar-refractivity contribution >= 4 is 5.91 Å². The molecule has 2 saturated carbocycles. The van der Waals surface area contributed by atoms with Gasteiger partial charge in [-0.25, -0.2) is 0 Å². The number of piperidine rings is 1. The van der Waals surface area contributed by atoms with Crippen LogP contribution in [0.4, 0.5) is 0 Å². The van der Waals surface area contributed by atoms with Crippen molar-refractivity contribution in [3.8, 4) is 0 Å². The third-order valence-electron chi connectivity index (χ3n) is 6.63. The summed E-state index contributed by atoms with van der Waals surface area (Å²) >= 11 is 0. The molecule has 3 fully saturated rings. The van der Waals surface area contributed by atoms with Crippen LogP contribution in [-0.4, -0.2) is 47.2 Å². The molecule has 0 aromatic rings. The van der Waals surface area contributed by atoms with Gasteiger partial charge in [-0.2, -0.15) is 0 Å². The third kappa shape index (κ3) is 4.95. The average Bonchev–Trinajstić information content (AvgIpc) is 2.59. The number of carbonyl (C=O) groups excluding carboxylic acids is 1. The van der Waals surface area contributed by atoms with Crippen molar-refractivity contribution in [2.24, 2.45) is 11.8 Å². The molecule has 1 saturated heterocycles. The van der Waals surface area contributed by atoms with Crippen LogP contribution >= 0.6 is 0 Å². The van der Waals surface area contributed by atoms with Crippen LogP contribution in [0.25, 0.3) is 0 Å². The van der Waals surface area contributed by atoms with E-state index in [2.05, 4.69) is 17.1 Å². The molecule has 1 amide bonds. The molecule has 4 nitrogen and oxygen atoms in total. The van der Waals surface area contributed by atoms with E-state index in [1.165, 1.54) is 19.3 Å². The Morgan fingerprint density at radius 1 is 1.04 bits per heavy atom. The number of hydrogen-bond donors (Lipinski definition) is 2. The normalized spacial score (nSPS) is 34.2. The Bertz CT molecular complexity index is 404. The number of nitrogens with zero attached hydrogens (tertiary/aromatic N) is 1. The molecule has 138 valence electrons. The van der Waals surface area contributed by atoms with Gasteiger partial charge in [0, 0.05) is 18.5 Å². The minimum Gasteiger partial charge on any atom is -0.389 e. The summed E-state index contributed by atoms with van der Waals surface area (Å²) in [6, 6.07) is 0.425. The van der Waals surface area contributed by atoms with Crippen LogP contribution in [0, 0.1) is 11.8 Å². The zero-order valence-electron chi connectivity index (χ0n) is 15.4. The lowest BCUT2D eigenvalue weighted by Crippen LogP contribution is -2.49. The maximum absolute atomic E-state index is 12.5. The third-order valence-corrected chi connectivity index (χ3v) is 6.63. The van der Waals surface area contributed by atoms with Crippen LogP contribution in [0.2, 0.25) is 0 Å². The second-order valence-corrected chi connectivity index (χ2v) is 8.80. The molecule has 1 aliphatic heterocycles. The summed E-state index contributed by atoms with van der Waals surface area (Å²) in [6.07, 6.45) is 12.3. The Labute approximate surface area is 147 Å². The Kier molecular flexibility index (Phi) is 6.20.